The fourth-order valence-electron chi connectivity index (χ4n) is 1.29. The largest absolute Gasteiger partial charge is 0.454 e. The standard InChI is InChI=1S/C12H10F4N6O2/c1-6(22-24-11-20-4-8(13)9(17)21-11)7-2-18-10(19-3-7)23-5-12(14,15)16/h2-4H,5H2,1H3,(H2,17,20,21)/b22-6+. The van der Waals surface area contributed by atoms with Crippen LogP contribution in [0, 0.1) is 5.82 Å². The summed E-state index contributed by atoms with van der Waals surface area (Å²) in [6.45, 7) is 0.0215. The zero-order valence-corrected chi connectivity index (χ0v) is 12.1. The number of nitrogens with zero attached hydrogens (tertiary/aromatic N) is 5. The van der Waals surface area contributed by atoms with Crippen molar-refractivity contribution in [1.29, 1.82) is 0 Å². The van der Waals surface area contributed by atoms with Crippen LogP contribution in [0.2, 0.25) is 0 Å². The Kier molecular flexibility index (Phi) is 5.06. The Morgan fingerprint density at radius 3 is 2.38 bits per heavy atom. The maximum absolute atomic E-state index is 12.9. The maximum Gasteiger partial charge on any atom is 0.422 e. The summed E-state index contributed by atoms with van der Waals surface area (Å²) < 4.78 is 53.3. The van der Waals surface area contributed by atoms with Gasteiger partial charge in [-0.1, -0.05) is 5.16 Å². The Morgan fingerprint density at radius 1 is 1.17 bits per heavy atom. The van der Waals surface area contributed by atoms with Gasteiger partial charge in [-0.3, -0.25) is 0 Å². The third-order valence-corrected chi connectivity index (χ3v) is 2.42. The van der Waals surface area contributed by atoms with E-state index < -0.39 is 30.4 Å². The van der Waals surface area contributed by atoms with Crippen LogP contribution >= 0.6 is 0 Å². The summed E-state index contributed by atoms with van der Waals surface area (Å²) in [5.41, 5.74) is 5.86. The second kappa shape index (κ2) is 7.02. The molecular formula is C12H10F4N6O2. The molecule has 0 saturated heterocycles. The zero-order chi connectivity index (χ0) is 17.7. The number of anilines is 1. The van der Waals surface area contributed by atoms with Crippen molar-refractivity contribution >= 4 is 11.5 Å². The van der Waals surface area contributed by atoms with Gasteiger partial charge in [0.1, 0.15) is 0 Å². The predicted molar refractivity (Wildman–Crippen MR) is 72.8 cm³/mol. The fraction of sp³-hybridized carbons (Fsp3) is 0.250. The van der Waals surface area contributed by atoms with Crippen molar-refractivity contribution in [3.8, 4) is 12.0 Å². The number of aromatic nitrogens is 4. The molecule has 0 bridgehead atoms. The molecule has 2 aromatic rings. The number of rotatable bonds is 5. The van der Waals surface area contributed by atoms with Crippen LogP contribution in [0.4, 0.5) is 23.4 Å². The minimum absolute atomic E-state index is 0.267. The van der Waals surface area contributed by atoms with Crippen LogP contribution in [0.25, 0.3) is 0 Å². The molecule has 8 nitrogen and oxygen atoms in total. The van der Waals surface area contributed by atoms with E-state index in [9.17, 15) is 17.6 Å². The van der Waals surface area contributed by atoms with Gasteiger partial charge < -0.3 is 15.3 Å². The predicted octanol–water partition coefficient (Wildman–Crippen LogP) is 1.73. The molecule has 2 N–H and O–H groups in total. The van der Waals surface area contributed by atoms with E-state index in [1.54, 1.807) is 0 Å². The second-order valence-corrected chi connectivity index (χ2v) is 4.31. The molecule has 2 aromatic heterocycles. The van der Waals surface area contributed by atoms with Crippen molar-refractivity contribution in [2.75, 3.05) is 12.3 Å². The van der Waals surface area contributed by atoms with Crippen molar-refractivity contribution in [3.63, 3.8) is 0 Å². The highest BCUT2D eigenvalue weighted by molar-refractivity contribution is 5.97. The van der Waals surface area contributed by atoms with E-state index in [4.69, 9.17) is 10.6 Å². The molecule has 0 saturated carbocycles. The van der Waals surface area contributed by atoms with Crippen LogP contribution in [0.1, 0.15) is 12.5 Å². The van der Waals surface area contributed by atoms with Crippen molar-refractivity contribution in [1.82, 2.24) is 19.9 Å². The normalized spacial score (nSPS) is 12.1. The Bertz CT molecular complexity index is 735. The van der Waals surface area contributed by atoms with E-state index in [0.29, 0.717) is 5.56 Å². The SMILES string of the molecule is C/C(=N\Oc1ncc(F)c(N)n1)c1cnc(OCC(F)(F)F)nc1. The average Bonchev–Trinajstić information content (AvgIpc) is 2.53. The van der Waals surface area contributed by atoms with E-state index >= 15 is 0 Å². The number of hydrogen-bond acceptors (Lipinski definition) is 8. The lowest BCUT2D eigenvalue weighted by Crippen LogP contribution is -2.20. The van der Waals surface area contributed by atoms with E-state index in [2.05, 4.69) is 29.8 Å². The highest BCUT2D eigenvalue weighted by atomic mass is 19.4. The molecule has 0 aliphatic carbocycles. The van der Waals surface area contributed by atoms with Crippen LogP contribution in [0.3, 0.4) is 0 Å². The van der Waals surface area contributed by atoms with Gasteiger partial charge >= 0.3 is 18.2 Å². The number of oxime groups is 1. The van der Waals surface area contributed by atoms with E-state index in [1.807, 2.05) is 0 Å². The summed E-state index contributed by atoms with van der Waals surface area (Å²) in [5.74, 6) is -1.20. The summed E-state index contributed by atoms with van der Waals surface area (Å²) in [5, 5.41) is 3.66. The van der Waals surface area contributed by atoms with Crippen LogP contribution in [-0.4, -0.2) is 38.4 Å². The summed E-state index contributed by atoms with van der Waals surface area (Å²) in [6.07, 6.45) is -1.27. The minimum atomic E-state index is -4.48. The highest BCUT2D eigenvalue weighted by Crippen LogP contribution is 2.16. The number of ether oxygens (including phenoxy) is 1. The third kappa shape index (κ3) is 5.00. The van der Waals surface area contributed by atoms with Crippen LogP contribution < -0.4 is 15.3 Å². The molecule has 0 fully saturated rings. The third-order valence-electron chi connectivity index (χ3n) is 2.42. The molecule has 0 aromatic carbocycles. The molecule has 128 valence electrons. The summed E-state index contributed by atoms with van der Waals surface area (Å²) >= 11 is 0. The molecule has 0 spiro atoms. The van der Waals surface area contributed by atoms with Gasteiger partial charge in [0.05, 0.1) is 11.9 Å². The number of halogens is 4. The molecule has 2 rings (SSSR count). The molecule has 12 heteroatoms. The van der Waals surface area contributed by atoms with Crippen molar-refractivity contribution < 1.29 is 27.1 Å². The number of nitrogens with two attached hydrogens (primary N) is 1. The van der Waals surface area contributed by atoms with Crippen molar-refractivity contribution in [3.05, 3.63) is 30.0 Å². The monoisotopic (exact) mass is 346 g/mol. The summed E-state index contributed by atoms with van der Waals surface area (Å²) in [6, 6.07) is -0.710. The van der Waals surface area contributed by atoms with Crippen LogP contribution in [-0.2, 0) is 0 Å². The van der Waals surface area contributed by atoms with Gasteiger partial charge in [-0.15, -0.1) is 0 Å². The molecule has 0 aliphatic rings. The van der Waals surface area contributed by atoms with Gasteiger partial charge in [0.25, 0.3) is 0 Å². The van der Waals surface area contributed by atoms with Crippen LogP contribution in [0.5, 0.6) is 12.0 Å². The molecule has 2 heterocycles. The van der Waals surface area contributed by atoms with Crippen molar-refractivity contribution in [2.45, 2.75) is 13.1 Å². The lowest BCUT2D eigenvalue weighted by Gasteiger charge is -2.07. The van der Waals surface area contributed by atoms with E-state index in [-0.39, 0.29) is 11.7 Å². The van der Waals surface area contributed by atoms with Gasteiger partial charge in [0, 0.05) is 18.0 Å². The second-order valence-electron chi connectivity index (χ2n) is 4.31. The van der Waals surface area contributed by atoms with Gasteiger partial charge in [-0.2, -0.15) is 23.1 Å². The molecule has 0 unspecified atom stereocenters. The first-order chi connectivity index (χ1) is 11.2. The van der Waals surface area contributed by atoms with E-state index in [1.165, 1.54) is 19.3 Å². The van der Waals surface area contributed by atoms with Crippen LogP contribution in [0.15, 0.2) is 23.7 Å². The number of nitrogen functional groups attached to an aromatic ring is 1. The molecule has 0 amide bonds. The Hall–Kier alpha value is -3.05. The zero-order valence-electron chi connectivity index (χ0n) is 12.1. The average molecular weight is 346 g/mol. The van der Waals surface area contributed by atoms with Crippen molar-refractivity contribution in [2.24, 2.45) is 5.16 Å². The Balaban J connectivity index is 2.00. The van der Waals surface area contributed by atoms with Gasteiger partial charge in [-0.05, 0) is 6.92 Å². The first kappa shape index (κ1) is 17.3. The fourth-order valence-corrected chi connectivity index (χ4v) is 1.29. The highest BCUT2D eigenvalue weighted by Gasteiger charge is 2.28. The maximum atomic E-state index is 12.9. The molecular weight excluding hydrogens is 336 g/mol. The van der Waals surface area contributed by atoms with Gasteiger partial charge in [-0.25, -0.2) is 14.4 Å². The lowest BCUT2D eigenvalue weighted by molar-refractivity contribution is -0.154. The molecule has 24 heavy (non-hydrogen) atoms. The van der Waals surface area contributed by atoms with Gasteiger partial charge in [0.15, 0.2) is 18.2 Å². The number of alkyl halides is 3. The Morgan fingerprint density at radius 2 is 1.79 bits per heavy atom. The smallest absolute Gasteiger partial charge is 0.422 e. The minimum Gasteiger partial charge on any atom is -0.454 e. The first-order valence-electron chi connectivity index (χ1n) is 6.26. The summed E-state index contributed by atoms with van der Waals surface area (Å²) in [4.78, 5) is 19.1. The Labute approximate surface area is 132 Å². The van der Waals surface area contributed by atoms with Gasteiger partial charge in [0.2, 0.25) is 0 Å². The van der Waals surface area contributed by atoms with E-state index in [0.717, 1.165) is 6.20 Å². The quantitative estimate of drug-likeness (QED) is 0.499. The topological polar surface area (TPSA) is 108 Å². The molecule has 0 atom stereocenters. The summed E-state index contributed by atoms with van der Waals surface area (Å²) in [7, 11) is 0. The lowest BCUT2D eigenvalue weighted by atomic mass is 10.2. The first-order valence-corrected chi connectivity index (χ1v) is 6.26. The molecule has 0 radical (unpaired) electrons. The number of hydrogen-bond donors (Lipinski definition) is 1. The molecule has 0 aliphatic heterocycles.